The Bertz CT molecular complexity index is 233. The molecule has 2 fully saturated rings. The molecular weight excluding hydrogens is 222 g/mol. The van der Waals surface area contributed by atoms with Crippen molar-refractivity contribution in [1.29, 1.82) is 0 Å². The molecule has 1 heterocycles. The quantitative estimate of drug-likeness (QED) is 0.632. The maximum absolute atomic E-state index is 5.73. The van der Waals surface area contributed by atoms with E-state index in [0.717, 1.165) is 12.5 Å². The molecule has 1 saturated carbocycles. The predicted octanol–water partition coefficient (Wildman–Crippen LogP) is 3.75. The van der Waals surface area contributed by atoms with Gasteiger partial charge in [0.25, 0.3) is 0 Å². The molecule has 2 aliphatic rings. The van der Waals surface area contributed by atoms with Crippen molar-refractivity contribution in [3.05, 3.63) is 0 Å². The highest BCUT2D eigenvalue weighted by Crippen LogP contribution is 2.48. The zero-order chi connectivity index (χ0) is 12.8. The lowest BCUT2D eigenvalue weighted by molar-refractivity contribution is 0.0965. The molecule has 1 saturated heterocycles. The third-order valence-electron chi connectivity index (χ3n) is 4.82. The SMILES string of the molecule is CCCNCC(C)(CCCC1CCCO1)C1CC1. The molecule has 0 amide bonds. The number of rotatable bonds is 9. The Morgan fingerprint density at radius 3 is 2.72 bits per heavy atom. The minimum absolute atomic E-state index is 0.549. The standard InChI is InChI=1S/C16H31NO/c1-3-11-17-13-16(2,14-8-9-14)10-4-6-15-7-5-12-18-15/h14-15,17H,3-13H2,1-2H3. The molecule has 2 rings (SSSR count). The van der Waals surface area contributed by atoms with Crippen LogP contribution in [-0.2, 0) is 4.74 Å². The second kappa shape index (κ2) is 6.91. The van der Waals surface area contributed by atoms with Gasteiger partial charge in [-0.2, -0.15) is 0 Å². The van der Waals surface area contributed by atoms with Crippen LogP contribution < -0.4 is 5.32 Å². The Labute approximate surface area is 113 Å². The van der Waals surface area contributed by atoms with E-state index in [9.17, 15) is 0 Å². The van der Waals surface area contributed by atoms with Crippen molar-refractivity contribution in [1.82, 2.24) is 5.32 Å². The fourth-order valence-electron chi connectivity index (χ4n) is 3.37. The van der Waals surface area contributed by atoms with Crippen molar-refractivity contribution in [2.75, 3.05) is 19.7 Å². The van der Waals surface area contributed by atoms with Crippen LogP contribution in [0.25, 0.3) is 0 Å². The van der Waals surface area contributed by atoms with E-state index in [-0.39, 0.29) is 0 Å². The Balaban J connectivity index is 1.67. The largest absolute Gasteiger partial charge is 0.378 e. The van der Waals surface area contributed by atoms with Crippen LogP contribution in [0.1, 0.15) is 65.2 Å². The molecule has 1 N–H and O–H groups in total. The molecule has 0 aromatic heterocycles. The summed E-state index contributed by atoms with van der Waals surface area (Å²) in [6, 6.07) is 0. The summed E-state index contributed by atoms with van der Waals surface area (Å²) >= 11 is 0. The van der Waals surface area contributed by atoms with Gasteiger partial charge in [0.15, 0.2) is 0 Å². The van der Waals surface area contributed by atoms with Crippen LogP contribution in [0.15, 0.2) is 0 Å². The van der Waals surface area contributed by atoms with Crippen molar-refractivity contribution in [2.24, 2.45) is 11.3 Å². The van der Waals surface area contributed by atoms with Gasteiger partial charge in [0, 0.05) is 13.2 Å². The molecule has 2 nitrogen and oxygen atoms in total. The van der Waals surface area contributed by atoms with Crippen LogP contribution >= 0.6 is 0 Å². The lowest BCUT2D eigenvalue weighted by Crippen LogP contribution is -2.34. The minimum Gasteiger partial charge on any atom is -0.378 e. The van der Waals surface area contributed by atoms with Crippen LogP contribution in [0.5, 0.6) is 0 Å². The summed E-state index contributed by atoms with van der Waals surface area (Å²) < 4.78 is 5.73. The Kier molecular flexibility index (Phi) is 5.50. The number of hydrogen-bond donors (Lipinski definition) is 1. The first-order valence-electron chi connectivity index (χ1n) is 8.07. The summed E-state index contributed by atoms with van der Waals surface area (Å²) in [7, 11) is 0. The first kappa shape index (κ1) is 14.3. The van der Waals surface area contributed by atoms with Gasteiger partial charge in [0.2, 0.25) is 0 Å². The van der Waals surface area contributed by atoms with Crippen molar-refractivity contribution < 1.29 is 4.74 Å². The molecule has 0 spiro atoms. The normalized spacial score (nSPS) is 27.3. The first-order valence-corrected chi connectivity index (χ1v) is 8.07. The van der Waals surface area contributed by atoms with Crippen molar-refractivity contribution in [2.45, 2.75) is 71.3 Å². The average molecular weight is 253 g/mol. The Morgan fingerprint density at radius 1 is 1.28 bits per heavy atom. The van der Waals surface area contributed by atoms with Gasteiger partial charge in [-0.15, -0.1) is 0 Å². The summed E-state index contributed by atoms with van der Waals surface area (Å²) in [4.78, 5) is 0. The third-order valence-corrected chi connectivity index (χ3v) is 4.82. The first-order chi connectivity index (χ1) is 8.74. The van der Waals surface area contributed by atoms with Crippen molar-refractivity contribution in [3.63, 3.8) is 0 Å². The van der Waals surface area contributed by atoms with Gasteiger partial charge in [-0.05, 0) is 62.8 Å². The minimum atomic E-state index is 0.549. The van der Waals surface area contributed by atoms with Crippen LogP contribution in [-0.4, -0.2) is 25.8 Å². The van der Waals surface area contributed by atoms with E-state index in [2.05, 4.69) is 19.2 Å². The maximum Gasteiger partial charge on any atom is 0.0576 e. The van der Waals surface area contributed by atoms with Crippen LogP contribution in [0.3, 0.4) is 0 Å². The number of nitrogens with one attached hydrogen (secondary N) is 1. The highest BCUT2D eigenvalue weighted by Gasteiger charge is 2.40. The predicted molar refractivity (Wildman–Crippen MR) is 76.8 cm³/mol. The molecular formula is C16H31NO. The van der Waals surface area contributed by atoms with E-state index < -0.39 is 0 Å². The van der Waals surface area contributed by atoms with E-state index in [1.165, 1.54) is 64.5 Å². The van der Waals surface area contributed by atoms with E-state index in [4.69, 9.17) is 4.74 Å². The molecule has 2 unspecified atom stereocenters. The number of hydrogen-bond acceptors (Lipinski definition) is 2. The van der Waals surface area contributed by atoms with Gasteiger partial charge in [-0.25, -0.2) is 0 Å². The van der Waals surface area contributed by atoms with Crippen LogP contribution in [0, 0.1) is 11.3 Å². The summed E-state index contributed by atoms with van der Waals surface area (Å²) in [6.07, 6.45) is 11.4. The van der Waals surface area contributed by atoms with Crippen molar-refractivity contribution in [3.8, 4) is 0 Å². The zero-order valence-corrected chi connectivity index (χ0v) is 12.3. The third kappa shape index (κ3) is 4.24. The van der Waals surface area contributed by atoms with Gasteiger partial charge in [0.05, 0.1) is 6.10 Å². The summed E-state index contributed by atoms with van der Waals surface area (Å²) in [6.45, 7) is 8.15. The van der Waals surface area contributed by atoms with E-state index in [1.54, 1.807) is 0 Å². The molecule has 106 valence electrons. The molecule has 1 aliphatic carbocycles. The average Bonchev–Trinajstić information content (AvgIpc) is 3.10. The monoisotopic (exact) mass is 253 g/mol. The van der Waals surface area contributed by atoms with Gasteiger partial charge >= 0.3 is 0 Å². The van der Waals surface area contributed by atoms with Crippen LogP contribution in [0.2, 0.25) is 0 Å². The Hall–Kier alpha value is -0.0800. The molecule has 18 heavy (non-hydrogen) atoms. The highest BCUT2D eigenvalue weighted by atomic mass is 16.5. The summed E-state index contributed by atoms with van der Waals surface area (Å²) in [5.74, 6) is 0.992. The second-order valence-corrected chi connectivity index (χ2v) is 6.63. The highest BCUT2D eigenvalue weighted by molar-refractivity contribution is 4.92. The van der Waals surface area contributed by atoms with Crippen LogP contribution in [0.4, 0.5) is 0 Å². The molecule has 0 radical (unpaired) electrons. The maximum atomic E-state index is 5.73. The lowest BCUT2D eigenvalue weighted by atomic mass is 9.79. The fraction of sp³-hybridized carbons (Fsp3) is 1.00. The molecule has 2 heteroatoms. The van der Waals surface area contributed by atoms with Gasteiger partial charge < -0.3 is 10.1 Å². The fourth-order valence-corrected chi connectivity index (χ4v) is 3.37. The van der Waals surface area contributed by atoms with E-state index >= 15 is 0 Å². The number of ether oxygens (including phenoxy) is 1. The summed E-state index contributed by atoms with van der Waals surface area (Å²) in [5.41, 5.74) is 0.549. The van der Waals surface area contributed by atoms with E-state index in [1.807, 2.05) is 0 Å². The second-order valence-electron chi connectivity index (χ2n) is 6.63. The molecule has 0 aromatic rings. The summed E-state index contributed by atoms with van der Waals surface area (Å²) in [5, 5.41) is 3.64. The molecule has 0 bridgehead atoms. The molecule has 0 aromatic carbocycles. The van der Waals surface area contributed by atoms with Crippen molar-refractivity contribution >= 4 is 0 Å². The molecule has 1 aliphatic heterocycles. The Morgan fingerprint density at radius 2 is 2.11 bits per heavy atom. The topological polar surface area (TPSA) is 21.3 Å². The smallest absolute Gasteiger partial charge is 0.0576 e. The molecule has 2 atom stereocenters. The van der Waals surface area contributed by atoms with Gasteiger partial charge in [-0.1, -0.05) is 20.3 Å². The zero-order valence-electron chi connectivity index (χ0n) is 12.3. The van der Waals surface area contributed by atoms with E-state index in [0.29, 0.717) is 11.5 Å². The van der Waals surface area contributed by atoms with Gasteiger partial charge in [-0.3, -0.25) is 0 Å². The lowest BCUT2D eigenvalue weighted by Gasteiger charge is -2.30. The van der Waals surface area contributed by atoms with Gasteiger partial charge in [0.1, 0.15) is 0 Å².